The highest BCUT2D eigenvalue weighted by Crippen LogP contribution is 2.27. The van der Waals surface area contributed by atoms with Gasteiger partial charge in [0.1, 0.15) is 5.75 Å². The Morgan fingerprint density at radius 1 is 1.15 bits per heavy atom. The third kappa shape index (κ3) is 2.93. The van der Waals surface area contributed by atoms with Gasteiger partial charge in [-0.15, -0.1) is 0 Å². The van der Waals surface area contributed by atoms with Crippen molar-refractivity contribution >= 4 is 21.7 Å². The van der Waals surface area contributed by atoms with Crippen molar-refractivity contribution in [3.8, 4) is 5.75 Å². The van der Waals surface area contributed by atoms with E-state index in [0.717, 1.165) is 21.2 Å². The van der Waals surface area contributed by atoms with Crippen LogP contribution in [0.5, 0.6) is 5.75 Å². The summed E-state index contributed by atoms with van der Waals surface area (Å²) in [5.74, 6) is 0.623. The largest absolute Gasteiger partial charge is 0.493 e. The summed E-state index contributed by atoms with van der Waals surface area (Å²) < 4.78 is 6.43. The van der Waals surface area contributed by atoms with Crippen LogP contribution in [-0.4, -0.2) is 12.4 Å². The van der Waals surface area contributed by atoms with E-state index in [4.69, 9.17) is 4.74 Å². The molecule has 20 heavy (non-hydrogen) atoms. The molecule has 0 unspecified atom stereocenters. The predicted molar refractivity (Wildman–Crippen MR) is 84.7 cm³/mol. The number of hydrogen-bond acceptors (Lipinski definition) is 2. The van der Waals surface area contributed by atoms with Crippen LogP contribution in [0.15, 0.2) is 40.9 Å². The second-order valence-electron chi connectivity index (χ2n) is 4.65. The molecule has 2 nitrogen and oxygen atoms in total. The zero-order valence-electron chi connectivity index (χ0n) is 11.9. The smallest absolute Gasteiger partial charge is 0.197 e. The number of carbonyl (C=O) groups is 1. The zero-order chi connectivity index (χ0) is 14.7. The number of benzene rings is 2. The summed E-state index contributed by atoms with van der Waals surface area (Å²) in [6, 6.07) is 11.3. The summed E-state index contributed by atoms with van der Waals surface area (Å²) in [5, 5.41) is 0. The fourth-order valence-corrected chi connectivity index (χ4v) is 2.46. The average Bonchev–Trinajstić information content (AvgIpc) is 2.43. The van der Waals surface area contributed by atoms with Crippen LogP contribution >= 0.6 is 15.9 Å². The third-order valence-electron chi connectivity index (χ3n) is 3.34. The molecule has 0 saturated carbocycles. The van der Waals surface area contributed by atoms with Crippen LogP contribution in [0.4, 0.5) is 0 Å². The van der Waals surface area contributed by atoms with Crippen LogP contribution in [0.3, 0.4) is 0 Å². The van der Waals surface area contributed by atoms with E-state index in [-0.39, 0.29) is 5.78 Å². The van der Waals surface area contributed by atoms with E-state index in [9.17, 15) is 4.79 Å². The summed E-state index contributed by atoms with van der Waals surface area (Å²) in [5.41, 5.74) is 3.45. The van der Waals surface area contributed by atoms with Crippen molar-refractivity contribution in [2.75, 3.05) is 6.61 Å². The van der Waals surface area contributed by atoms with E-state index in [1.807, 2.05) is 57.2 Å². The van der Waals surface area contributed by atoms with Crippen LogP contribution in [0, 0.1) is 13.8 Å². The van der Waals surface area contributed by atoms with Gasteiger partial charge >= 0.3 is 0 Å². The third-order valence-corrected chi connectivity index (χ3v) is 3.83. The van der Waals surface area contributed by atoms with Crippen LogP contribution in [-0.2, 0) is 0 Å². The standard InChI is InChI=1S/C17H17BrO2/c1-4-20-16-9-8-13(18)10-15(16)17(19)14-7-5-6-11(2)12(14)3/h5-10H,4H2,1-3H3. The van der Waals surface area contributed by atoms with Crippen molar-refractivity contribution in [3.63, 3.8) is 0 Å². The summed E-state index contributed by atoms with van der Waals surface area (Å²) >= 11 is 3.41. The van der Waals surface area contributed by atoms with E-state index >= 15 is 0 Å². The number of rotatable bonds is 4. The SMILES string of the molecule is CCOc1ccc(Br)cc1C(=O)c1cccc(C)c1C. The van der Waals surface area contributed by atoms with Crippen molar-refractivity contribution in [2.45, 2.75) is 20.8 Å². The highest BCUT2D eigenvalue weighted by Gasteiger charge is 2.17. The molecule has 0 spiro atoms. The molecule has 0 aliphatic rings. The van der Waals surface area contributed by atoms with Gasteiger partial charge in [0.25, 0.3) is 0 Å². The van der Waals surface area contributed by atoms with E-state index in [1.165, 1.54) is 0 Å². The highest BCUT2D eigenvalue weighted by atomic mass is 79.9. The highest BCUT2D eigenvalue weighted by molar-refractivity contribution is 9.10. The number of aryl methyl sites for hydroxylation is 1. The summed E-state index contributed by atoms with van der Waals surface area (Å²) in [6.07, 6.45) is 0. The lowest BCUT2D eigenvalue weighted by atomic mass is 9.96. The van der Waals surface area contributed by atoms with Gasteiger partial charge in [-0.2, -0.15) is 0 Å². The lowest BCUT2D eigenvalue weighted by Gasteiger charge is -2.12. The van der Waals surface area contributed by atoms with Crippen LogP contribution < -0.4 is 4.74 Å². The Balaban J connectivity index is 2.52. The van der Waals surface area contributed by atoms with Gasteiger partial charge in [0, 0.05) is 10.0 Å². The maximum absolute atomic E-state index is 12.8. The molecule has 2 aromatic carbocycles. The Morgan fingerprint density at radius 3 is 2.60 bits per heavy atom. The normalized spacial score (nSPS) is 10.4. The van der Waals surface area contributed by atoms with Gasteiger partial charge in [0.15, 0.2) is 5.78 Å². The second-order valence-corrected chi connectivity index (χ2v) is 5.57. The molecular weight excluding hydrogens is 316 g/mol. The monoisotopic (exact) mass is 332 g/mol. The molecule has 3 heteroatoms. The molecule has 2 aromatic rings. The Bertz CT molecular complexity index is 647. The van der Waals surface area contributed by atoms with Crippen molar-refractivity contribution in [3.05, 3.63) is 63.1 Å². The number of ketones is 1. The van der Waals surface area contributed by atoms with Gasteiger partial charge in [0.2, 0.25) is 0 Å². The minimum atomic E-state index is -0.00375. The molecule has 0 N–H and O–H groups in total. The maximum atomic E-state index is 12.8. The van der Waals surface area contributed by atoms with E-state index in [1.54, 1.807) is 0 Å². The molecule has 0 saturated heterocycles. The van der Waals surface area contributed by atoms with Crippen LogP contribution in [0.25, 0.3) is 0 Å². The summed E-state index contributed by atoms with van der Waals surface area (Å²) in [4.78, 5) is 12.8. The second kappa shape index (κ2) is 6.23. The van der Waals surface area contributed by atoms with Crippen molar-refractivity contribution in [1.29, 1.82) is 0 Å². The van der Waals surface area contributed by atoms with Gasteiger partial charge in [-0.25, -0.2) is 0 Å². The molecule has 0 radical (unpaired) electrons. The number of halogens is 1. The quantitative estimate of drug-likeness (QED) is 0.759. The van der Waals surface area contributed by atoms with Gasteiger partial charge in [-0.1, -0.05) is 34.1 Å². The molecule has 0 bridgehead atoms. The first-order chi connectivity index (χ1) is 9.54. The first kappa shape index (κ1) is 14.8. The summed E-state index contributed by atoms with van der Waals surface area (Å²) in [6.45, 7) is 6.43. The molecule has 0 aliphatic carbocycles. The number of carbonyl (C=O) groups excluding carboxylic acids is 1. The molecule has 2 rings (SSSR count). The first-order valence-corrected chi connectivity index (χ1v) is 7.37. The minimum Gasteiger partial charge on any atom is -0.493 e. The molecule has 0 aliphatic heterocycles. The van der Waals surface area contributed by atoms with E-state index < -0.39 is 0 Å². The summed E-state index contributed by atoms with van der Waals surface area (Å²) in [7, 11) is 0. The first-order valence-electron chi connectivity index (χ1n) is 6.58. The fourth-order valence-electron chi connectivity index (χ4n) is 2.10. The number of ether oxygens (including phenoxy) is 1. The Labute approximate surface area is 127 Å². The van der Waals surface area contributed by atoms with Gasteiger partial charge in [0.05, 0.1) is 12.2 Å². The maximum Gasteiger partial charge on any atom is 0.197 e. The van der Waals surface area contributed by atoms with Crippen molar-refractivity contribution < 1.29 is 9.53 Å². The van der Waals surface area contributed by atoms with E-state index in [2.05, 4.69) is 15.9 Å². The van der Waals surface area contributed by atoms with Gasteiger partial charge < -0.3 is 4.74 Å². The Kier molecular flexibility index (Phi) is 4.61. The van der Waals surface area contributed by atoms with Gasteiger partial charge in [-0.05, 0) is 50.1 Å². The van der Waals surface area contributed by atoms with Crippen LogP contribution in [0.1, 0.15) is 34.0 Å². The topological polar surface area (TPSA) is 26.3 Å². The molecule has 0 heterocycles. The Hall–Kier alpha value is -1.61. The molecule has 0 amide bonds. The Morgan fingerprint density at radius 2 is 1.90 bits per heavy atom. The predicted octanol–water partition coefficient (Wildman–Crippen LogP) is 4.70. The molecule has 104 valence electrons. The van der Waals surface area contributed by atoms with Gasteiger partial charge in [-0.3, -0.25) is 4.79 Å². The lowest BCUT2D eigenvalue weighted by molar-refractivity contribution is 0.103. The van der Waals surface area contributed by atoms with E-state index in [0.29, 0.717) is 17.9 Å². The number of hydrogen-bond donors (Lipinski definition) is 0. The average molecular weight is 333 g/mol. The van der Waals surface area contributed by atoms with Crippen molar-refractivity contribution in [2.24, 2.45) is 0 Å². The molecule has 0 atom stereocenters. The fraction of sp³-hybridized carbons (Fsp3) is 0.235. The van der Waals surface area contributed by atoms with Crippen LogP contribution in [0.2, 0.25) is 0 Å². The molecule has 0 aromatic heterocycles. The molecule has 0 fully saturated rings. The molecular formula is C17H17BrO2. The zero-order valence-corrected chi connectivity index (χ0v) is 13.5. The minimum absolute atomic E-state index is 0.00375. The van der Waals surface area contributed by atoms with Crippen molar-refractivity contribution in [1.82, 2.24) is 0 Å². The lowest BCUT2D eigenvalue weighted by Crippen LogP contribution is -2.08.